The molecule has 0 saturated heterocycles. The SMILES string of the molecule is CCOCCN(CC)C(=O)c1sc(N(CC)CC)nc1N. The molecule has 0 unspecified atom stereocenters. The highest BCUT2D eigenvalue weighted by Gasteiger charge is 2.22. The van der Waals surface area contributed by atoms with Crippen molar-refractivity contribution in [3.63, 3.8) is 0 Å². The molecule has 0 atom stereocenters. The summed E-state index contributed by atoms with van der Waals surface area (Å²) < 4.78 is 5.31. The predicted molar refractivity (Wildman–Crippen MR) is 88.2 cm³/mol. The third-order valence-corrected chi connectivity index (χ3v) is 4.37. The Bertz CT molecular complexity index is 446. The molecule has 1 aromatic heterocycles. The Labute approximate surface area is 130 Å². The zero-order valence-electron chi connectivity index (χ0n) is 13.4. The third kappa shape index (κ3) is 4.57. The van der Waals surface area contributed by atoms with E-state index >= 15 is 0 Å². The minimum atomic E-state index is -0.0643. The molecule has 7 heteroatoms. The number of nitrogens with zero attached hydrogens (tertiary/aromatic N) is 3. The van der Waals surface area contributed by atoms with E-state index in [4.69, 9.17) is 10.5 Å². The fraction of sp³-hybridized carbons (Fsp3) is 0.714. The molecule has 0 radical (unpaired) electrons. The second-order valence-corrected chi connectivity index (χ2v) is 5.44. The fourth-order valence-corrected chi connectivity index (χ4v) is 3.05. The minimum Gasteiger partial charge on any atom is -0.382 e. The largest absolute Gasteiger partial charge is 0.382 e. The topological polar surface area (TPSA) is 71.7 Å². The number of rotatable bonds is 9. The standard InChI is InChI=1S/C14H26N4O2S/c1-5-17(6-2)14-16-12(15)11(21-14)13(19)18(7-3)9-10-20-8-4/h5-10,15H2,1-4H3. The number of likely N-dealkylation sites (N-methyl/N-ethyl adjacent to an activating group) is 1. The lowest BCUT2D eigenvalue weighted by Crippen LogP contribution is -2.33. The van der Waals surface area contributed by atoms with Crippen LogP contribution >= 0.6 is 11.3 Å². The van der Waals surface area contributed by atoms with Crippen LogP contribution in [0.2, 0.25) is 0 Å². The van der Waals surface area contributed by atoms with Gasteiger partial charge in [-0.1, -0.05) is 11.3 Å². The molecule has 1 aromatic rings. The first kappa shape index (κ1) is 17.7. The number of carbonyl (C=O) groups excluding carboxylic acids is 1. The molecule has 1 rings (SSSR count). The van der Waals surface area contributed by atoms with Crippen molar-refractivity contribution in [2.45, 2.75) is 27.7 Å². The number of amides is 1. The average molecular weight is 314 g/mol. The number of anilines is 2. The van der Waals surface area contributed by atoms with Crippen molar-refractivity contribution < 1.29 is 9.53 Å². The molecule has 0 aliphatic heterocycles. The number of carbonyl (C=O) groups is 1. The Morgan fingerprint density at radius 1 is 1.24 bits per heavy atom. The smallest absolute Gasteiger partial charge is 0.267 e. The lowest BCUT2D eigenvalue weighted by molar-refractivity contribution is 0.0674. The molecule has 2 N–H and O–H groups in total. The van der Waals surface area contributed by atoms with Crippen LogP contribution in [0.5, 0.6) is 0 Å². The summed E-state index contributed by atoms with van der Waals surface area (Å²) in [6, 6.07) is 0. The summed E-state index contributed by atoms with van der Waals surface area (Å²) in [7, 11) is 0. The maximum absolute atomic E-state index is 12.5. The maximum Gasteiger partial charge on any atom is 0.267 e. The molecule has 0 fully saturated rings. The van der Waals surface area contributed by atoms with Gasteiger partial charge in [-0.3, -0.25) is 4.79 Å². The van der Waals surface area contributed by atoms with Gasteiger partial charge in [0.25, 0.3) is 5.91 Å². The monoisotopic (exact) mass is 314 g/mol. The van der Waals surface area contributed by atoms with Crippen molar-refractivity contribution in [3.05, 3.63) is 4.88 Å². The Balaban J connectivity index is 2.85. The van der Waals surface area contributed by atoms with E-state index in [0.717, 1.165) is 18.2 Å². The molecule has 0 spiro atoms. The zero-order valence-corrected chi connectivity index (χ0v) is 14.2. The van der Waals surface area contributed by atoms with Gasteiger partial charge in [0.05, 0.1) is 6.61 Å². The first-order valence-electron chi connectivity index (χ1n) is 7.47. The molecule has 0 saturated carbocycles. The first-order chi connectivity index (χ1) is 10.1. The Morgan fingerprint density at radius 3 is 2.43 bits per heavy atom. The molecule has 6 nitrogen and oxygen atoms in total. The summed E-state index contributed by atoms with van der Waals surface area (Å²) in [4.78, 5) is 21.2. The van der Waals surface area contributed by atoms with E-state index in [2.05, 4.69) is 23.7 Å². The number of nitrogens with two attached hydrogens (primary N) is 1. The van der Waals surface area contributed by atoms with Gasteiger partial charge in [0.15, 0.2) is 5.13 Å². The van der Waals surface area contributed by atoms with E-state index < -0.39 is 0 Å². The van der Waals surface area contributed by atoms with Gasteiger partial charge in [0.1, 0.15) is 10.7 Å². The van der Waals surface area contributed by atoms with Crippen LogP contribution in [0.25, 0.3) is 0 Å². The molecule has 21 heavy (non-hydrogen) atoms. The molecular formula is C14H26N4O2S. The number of hydrogen-bond donors (Lipinski definition) is 1. The number of aromatic nitrogens is 1. The summed E-state index contributed by atoms with van der Waals surface area (Å²) in [6.07, 6.45) is 0. The van der Waals surface area contributed by atoms with Gasteiger partial charge < -0.3 is 20.3 Å². The summed E-state index contributed by atoms with van der Waals surface area (Å²) in [5, 5.41) is 0.807. The Morgan fingerprint density at radius 2 is 1.90 bits per heavy atom. The van der Waals surface area contributed by atoms with E-state index in [0.29, 0.717) is 37.0 Å². The van der Waals surface area contributed by atoms with Crippen molar-refractivity contribution in [3.8, 4) is 0 Å². The minimum absolute atomic E-state index is 0.0643. The highest BCUT2D eigenvalue weighted by atomic mass is 32.1. The lowest BCUT2D eigenvalue weighted by atomic mass is 10.4. The normalized spacial score (nSPS) is 10.7. The first-order valence-corrected chi connectivity index (χ1v) is 8.28. The average Bonchev–Trinajstić information content (AvgIpc) is 2.86. The van der Waals surface area contributed by atoms with Gasteiger partial charge in [-0.2, -0.15) is 0 Å². The van der Waals surface area contributed by atoms with E-state index in [1.165, 1.54) is 11.3 Å². The van der Waals surface area contributed by atoms with Crippen molar-refractivity contribution in [1.82, 2.24) is 9.88 Å². The molecule has 1 heterocycles. The second-order valence-electron chi connectivity index (χ2n) is 4.46. The number of thiazole rings is 1. The van der Waals surface area contributed by atoms with Crippen LogP contribution in [-0.4, -0.2) is 55.2 Å². The molecule has 0 aliphatic rings. The quantitative estimate of drug-likeness (QED) is 0.707. The maximum atomic E-state index is 12.5. The van der Waals surface area contributed by atoms with E-state index in [1.54, 1.807) is 4.90 Å². The van der Waals surface area contributed by atoms with Crippen LogP contribution in [0.3, 0.4) is 0 Å². The number of ether oxygens (including phenoxy) is 1. The van der Waals surface area contributed by atoms with E-state index in [-0.39, 0.29) is 5.91 Å². The van der Waals surface area contributed by atoms with Crippen LogP contribution in [0.1, 0.15) is 37.4 Å². The van der Waals surface area contributed by atoms with Gasteiger partial charge in [0, 0.05) is 32.8 Å². The van der Waals surface area contributed by atoms with Crippen molar-refractivity contribution in [1.29, 1.82) is 0 Å². The Kier molecular flexibility index (Phi) is 7.45. The van der Waals surface area contributed by atoms with Gasteiger partial charge in [-0.05, 0) is 27.7 Å². The molecule has 0 bridgehead atoms. The summed E-state index contributed by atoms with van der Waals surface area (Å²) in [6.45, 7) is 12.1. The highest BCUT2D eigenvalue weighted by molar-refractivity contribution is 7.18. The van der Waals surface area contributed by atoms with Crippen molar-refractivity contribution in [2.75, 3.05) is 50.0 Å². The summed E-state index contributed by atoms with van der Waals surface area (Å²) >= 11 is 1.37. The van der Waals surface area contributed by atoms with Gasteiger partial charge in [-0.15, -0.1) is 0 Å². The zero-order chi connectivity index (χ0) is 15.8. The van der Waals surface area contributed by atoms with E-state index in [1.807, 2.05) is 13.8 Å². The van der Waals surface area contributed by atoms with Crippen molar-refractivity contribution >= 4 is 28.2 Å². The van der Waals surface area contributed by atoms with Crippen LogP contribution in [0.4, 0.5) is 10.9 Å². The van der Waals surface area contributed by atoms with E-state index in [9.17, 15) is 4.79 Å². The van der Waals surface area contributed by atoms with Crippen LogP contribution in [-0.2, 0) is 4.74 Å². The van der Waals surface area contributed by atoms with Crippen LogP contribution in [0, 0.1) is 0 Å². The molecule has 120 valence electrons. The highest BCUT2D eigenvalue weighted by Crippen LogP contribution is 2.29. The summed E-state index contributed by atoms with van der Waals surface area (Å²) in [5.41, 5.74) is 5.93. The molecule has 0 aromatic carbocycles. The third-order valence-electron chi connectivity index (χ3n) is 3.25. The van der Waals surface area contributed by atoms with Gasteiger partial charge in [-0.25, -0.2) is 4.98 Å². The Hall–Kier alpha value is -1.34. The molecule has 0 aliphatic carbocycles. The number of nitrogen functional groups attached to an aromatic ring is 1. The predicted octanol–water partition coefficient (Wildman–Crippen LogP) is 2.07. The molecular weight excluding hydrogens is 288 g/mol. The van der Waals surface area contributed by atoms with Gasteiger partial charge in [0.2, 0.25) is 0 Å². The van der Waals surface area contributed by atoms with Gasteiger partial charge >= 0.3 is 0 Å². The number of hydrogen-bond acceptors (Lipinski definition) is 6. The second kappa shape index (κ2) is 8.84. The van der Waals surface area contributed by atoms with Crippen LogP contribution < -0.4 is 10.6 Å². The summed E-state index contributed by atoms with van der Waals surface area (Å²) in [5.74, 6) is 0.257. The molecule has 1 amide bonds. The van der Waals surface area contributed by atoms with Crippen LogP contribution in [0.15, 0.2) is 0 Å². The van der Waals surface area contributed by atoms with Crippen molar-refractivity contribution in [2.24, 2.45) is 0 Å². The lowest BCUT2D eigenvalue weighted by Gasteiger charge is -2.20. The fourth-order valence-electron chi connectivity index (χ4n) is 1.97.